The fraction of sp³-hybridized carbons (Fsp3) is 0.600. The van der Waals surface area contributed by atoms with Gasteiger partial charge >= 0.3 is 6.09 Å². The number of ether oxygens (including phenoxy) is 1. The standard InChI is InChI=1S/C15H22N2O2S/c1-15(2,3)19-14(18)17-9-7-12(10-17)11-20-13-6-4-5-8-16-13/h4-6,8,12H,7,9-11H2,1-3H3/t12-/m0/s1. The van der Waals surface area contributed by atoms with Crippen LogP contribution in [0.5, 0.6) is 0 Å². The zero-order valence-electron chi connectivity index (χ0n) is 12.3. The van der Waals surface area contributed by atoms with Crippen LogP contribution in [-0.4, -0.2) is 40.4 Å². The molecule has 2 rings (SSSR count). The van der Waals surface area contributed by atoms with E-state index in [1.54, 1.807) is 11.8 Å². The van der Waals surface area contributed by atoms with Crippen LogP contribution < -0.4 is 0 Å². The molecule has 1 aliphatic heterocycles. The van der Waals surface area contributed by atoms with E-state index < -0.39 is 5.60 Å². The highest BCUT2D eigenvalue weighted by molar-refractivity contribution is 7.99. The van der Waals surface area contributed by atoms with Crippen molar-refractivity contribution in [1.29, 1.82) is 0 Å². The number of carbonyl (C=O) groups is 1. The topological polar surface area (TPSA) is 42.4 Å². The fourth-order valence-electron chi connectivity index (χ4n) is 2.10. The molecule has 0 aromatic carbocycles. The van der Waals surface area contributed by atoms with Crippen LogP contribution in [-0.2, 0) is 4.74 Å². The normalized spacial score (nSPS) is 19.1. The van der Waals surface area contributed by atoms with Gasteiger partial charge in [0.2, 0.25) is 0 Å². The predicted molar refractivity (Wildman–Crippen MR) is 80.9 cm³/mol. The molecule has 1 amide bonds. The number of amides is 1. The summed E-state index contributed by atoms with van der Waals surface area (Å²) in [6.07, 6.45) is 2.66. The minimum atomic E-state index is -0.419. The third-order valence-electron chi connectivity index (χ3n) is 3.04. The Kier molecular flexibility index (Phi) is 4.91. The van der Waals surface area contributed by atoms with E-state index in [-0.39, 0.29) is 6.09 Å². The lowest BCUT2D eigenvalue weighted by atomic mass is 10.2. The Labute approximate surface area is 124 Å². The number of likely N-dealkylation sites (tertiary alicyclic amines) is 1. The maximum Gasteiger partial charge on any atom is 0.410 e. The summed E-state index contributed by atoms with van der Waals surface area (Å²) >= 11 is 1.75. The third kappa shape index (κ3) is 4.71. The molecule has 1 aromatic rings. The van der Waals surface area contributed by atoms with Crippen LogP contribution in [0.15, 0.2) is 29.4 Å². The zero-order valence-corrected chi connectivity index (χ0v) is 13.2. The van der Waals surface area contributed by atoms with E-state index in [0.29, 0.717) is 5.92 Å². The van der Waals surface area contributed by atoms with Gasteiger partial charge in [0, 0.05) is 25.0 Å². The molecule has 1 aliphatic rings. The van der Waals surface area contributed by atoms with Gasteiger partial charge in [0.25, 0.3) is 0 Å². The number of carbonyl (C=O) groups excluding carboxylic acids is 1. The van der Waals surface area contributed by atoms with E-state index in [1.807, 2.05) is 50.1 Å². The first-order valence-corrected chi connectivity index (χ1v) is 7.94. The van der Waals surface area contributed by atoms with Gasteiger partial charge in [-0.2, -0.15) is 0 Å². The van der Waals surface area contributed by atoms with Crippen molar-refractivity contribution in [1.82, 2.24) is 9.88 Å². The van der Waals surface area contributed by atoms with Crippen molar-refractivity contribution < 1.29 is 9.53 Å². The largest absolute Gasteiger partial charge is 0.444 e. The molecule has 0 N–H and O–H groups in total. The highest BCUT2D eigenvalue weighted by Gasteiger charge is 2.29. The first-order valence-electron chi connectivity index (χ1n) is 6.96. The van der Waals surface area contributed by atoms with Gasteiger partial charge in [-0.25, -0.2) is 9.78 Å². The van der Waals surface area contributed by atoms with Gasteiger partial charge in [0.15, 0.2) is 0 Å². The van der Waals surface area contributed by atoms with E-state index in [0.717, 1.165) is 30.3 Å². The van der Waals surface area contributed by atoms with Crippen molar-refractivity contribution in [2.45, 2.75) is 37.8 Å². The first-order chi connectivity index (χ1) is 9.44. The second-order valence-electron chi connectivity index (χ2n) is 6.06. The van der Waals surface area contributed by atoms with Gasteiger partial charge in [-0.05, 0) is 45.2 Å². The summed E-state index contributed by atoms with van der Waals surface area (Å²) in [4.78, 5) is 18.1. The van der Waals surface area contributed by atoms with Crippen LogP contribution in [0.3, 0.4) is 0 Å². The smallest absolute Gasteiger partial charge is 0.410 e. The monoisotopic (exact) mass is 294 g/mol. The lowest BCUT2D eigenvalue weighted by Gasteiger charge is -2.24. The molecular formula is C15H22N2O2S. The van der Waals surface area contributed by atoms with Gasteiger partial charge in [0.1, 0.15) is 5.60 Å². The van der Waals surface area contributed by atoms with Crippen LogP contribution in [0.1, 0.15) is 27.2 Å². The number of hydrogen-bond donors (Lipinski definition) is 0. The second-order valence-corrected chi connectivity index (χ2v) is 7.10. The van der Waals surface area contributed by atoms with E-state index in [1.165, 1.54) is 0 Å². The molecular weight excluding hydrogens is 272 g/mol. The van der Waals surface area contributed by atoms with Gasteiger partial charge in [-0.3, -0.25) is 0 Å². The molecule has 0 saturated carbocycles. The zero-order chi connectivity index (χ0) is 14.6. The summed E-state index contributed by atoms with van der Waals surface area (Å²) in [5, 5.41) is 1.04. The number of thioether (sulfide) groups is 1. The minimum Gasteiger partial charge on any atom is -0.444 e. The van der Waals surface area contributed by atoms with Crippen LogP contribution in [0.25, 0.3) is 0 Å². The summed E-state index contributed by atoms with van der Waals surface area (Å²) < 4.78 is 5.40. The summed E-state index contributed by atoms with van der Waals surface area (Å²) in [5.74, 6) is 1.52. The molecule has 1 saturated heterocycles. The maximum absolute atomic E-state index is 12.0. The molecule has 1 atom stereocenters. The molecule has 0 unspecified atom stereocenters. The molecule has 1 aromatic heterocycles. The average Bonchev–Trinajstić information content (AvgIpc) is 2.84. The van der Waals surface area contributed by atoms with E-state index >= 15 is 0 Å². The average molecular weight is 294 g/mol. The molecule has 4 nitrogen and oxygen atoms in total. The van der Waals surface area contributed by atoms with Crippen molar-refractivity contribution in [3.63, 3.8) is 0 Å². The van der Waals surface area contributed by atoms with Gasteiger partial charge in [0.05, 0.1) is 5.03 Å². The summed E-state index contributed by atoms with van der Waals surface area (Å²) in [5.41, 5.74) is -0.419. The molecule has 0 aliphatic carbocycles. The molecule has 5 heteroatoms. The minimum absolute atomic E-state index is 0.192. The summed E-state index contributed by atoms with van der Waals surface area (Å²) in [6, 6.07) is 5.94. The summed E-state index contributed by atoms with van der Waals surface area (Å²) in [6.45, 7) is 7.28. The van der Waals surface area contributed by atoms with Crippen LogP contribution >= 0.6 is 11.8 Å². The Bertz CT molecular complexity index is 445. The third-order valence-corrected chi connectivity index (χ3v) is 4.22. The van der Waals surface area contributed by atoms with Gasteiger partial charge in [-0.15, -0.1) is 11.8 Å². The highest BCUT2D eigenvalue weighted by Crippen LogP contribution is 2.25. The predicted octanol–water partition coefficient (Wildman–Crippen LogP) is 3.43. The van der Waals surface area contributed by atoms with Crippen molar-refractivity contribution in [3.8, 4) is 0 Å². The summed E-state index contributed by atoms with van der Waals surface area (Å²) in [7, 11) is 0. The number of rotatable bonds is 3. The van der Waals surface area contributed by atoms with Crippen LogP contribution in [0, 0.1) is 5.92 Å². The lowest BCUT2D eigenvalue weighted by Crippen LogP contribution is -2.35. The van der Waals surface area contributed by atoms with Crippen molar-refractivity contribution in [3.05, 3.63) is 24.4 Å². The van der Waals surface area contributed by atoms with E-state index in [2.05, 4.69) is 4.98 Å². The SMILES string of the molecule is CC(C)(C)OC(=O)N1CC[C@H](CSc2ccccn2)C1. The van der Waals surface area contributed by atoms with Crippen LogP contribution in [0.4, 0.5) is 4.79 Å². The molecule has 0 bridgehead atoms. The van der Waals surface area contributed by atoms with Gasteiger partial charge in [-0.1, -0.05) is 6.07 Å². The first kappa shape index (κ1) is 15.2. The van der Waals surface area contributed by atoms with E-state index in [4.69, 9.17) is 4.74 Å². The van der Waals surface area contributed by atoms with Gasteiger partial charge < -0.3 is 9.64 Å². The molecule has 110 valence electrons. The molecule has 0 spiro atoms. The number of aromatic nitrogens is 1. The molecule has 1 fully saturated rings. The lowest BCUT2D eigenvalue weighted by molar-refractivity contribution is 0.0289. The van der Waals surface area contributed by atoms with Crippen molar-refractivity contribution in [2.75, 3.05) is 18.8 Å². The van der Waals surface area contributed by atoms with Crippen molar-refractivity contribution in [2.24, 2.45) is 5.92 Å². The number of pyridine rings is 1. The molecule has 0 radical (unpaired) electrons. The quantitative estimate of drug-likeness (QED) is 0.801. The van der Waals surface area contributed by atoms with Crippen molar-refractivity contribution >= 4 is 17.9 Å². The Balaban J connectivity index is 1.76. The highest BCUT2D eigenvalue weighted by atomic mass is 32.2. The Hall–Kier alpha value is -1.23. The Morgan fingerprint density at radius 2 is 2.30 bits per heavy atom. The Morgan fingerprint density at radius 3 is 2.95 bits per heavy atom. The van der Waals surface area contributed by atoms with Crippen LogP contribution in [0.2, 0.25) is 0 Å². The molecule has 2 heterocycles. The number of hydrogen-bond acceptors (Lipinski definition) is 4. The second kappa shape index (κ2) is 6.48. The molecule has 20 heavy (non-hydrogen) atoms. The Morgan fingerprint density at radius 1 is 1.50 bits per heavy atom. The maximum atomic E-state index is 12.0. The fourth-order valence-corrected chi connectivity index (χ4v) is 3.09. The number of nitrogens with zero attached hydrogens (tertiary/aromatic N) is 2. The van der Waals surface area contributed by atoms with E-state index in [9.17, 15) is 4.79 Å².